The van der Waals surface area contributed by atoms with Crippen LogP contribution in [0.3, 0.4) is 0 Å². The number of hydrogen-bond acceptors (Lipinski definition) is 6. The van der Waals surface area contributed by atoms with Gasteiger partial charge in [0.1, 0.15) is 6.10 Å². The molecule has 2 aliphatic carbocycles. The predicted molar refractivity (Wildman–Crippen MR) is 117 cm³/mol. The standard InChI is InChI=1S/C24H20BrNO6/c25-15-5-1-12(2-6-15)18(27)11-31-23(29)13-3-7-16(8-4-13)26-22(28)20-14-9-17-19(10-14)32-24(30)21(17)20/h1-8,14,17,19-21H,9-11H2,(H,26,28)/t14-,17+,19-,20-,21-/m1/s1. The molecule has 1 amide bonds. The lowest BCUT2D eigenvalue weighted by atomic mass is 9.79. The number of halogens is 1. The minimum atomic E-state index is -0.624. The molecule has 2 aromatic rings. The number of amides is 1. The lowest BCUT2D eigenvalue weighted by molar-refractivity contribution is -0.145. The van der Waals surface area contributed by atoms with Crippen LogP contribution in [0, 0.1) is 23.7 Å². The average Bonchev–Trinajstić information content (AvgIpc) is 3.41. The van der Waals surface area contributed by atoms with E-state index in [4.69, 9.17) is 9.47 Å². The van der Waals surface area contributed by atoms with Crippen molar-refractivity contribution in [3.8, 4) is 0 Å². The van der Waals surface area contributed by atoms with Gasteiger partial charge in [-0.15, -0.1) is 0 Å². The normalized spacial score (nSPS) is 27.2. The van der Waals surface area contributed by atoms with E-state index in [0.29, 0.717) is 11.3 Å². The van der Waals surface area contributed by atoms with E-state index in [1.54, 1.807) is 36.4 Å². The molecule has 0 spiro atoms. The van der Waals surface area contributed by atoms with Crippen molar-refractivity contribution in [2.45, 2.75) is 18.9 Å². The average molecular weight is 498 g/mol. The summed E-state index contributed by atoms with van der Waals surface area (Å²) < 4.78 is 11.4. The van der Waals surface area contributed by atoms with E-state index in [1.165, 1.54) is 12.1 Å². The van der Waals surface area contributed by atoms with Crippen LogP contribution in [0.2, 0.25) is 0 Å². The number of esters is 2. The molecule has 3 fully saturated rings. The van der Waals surface area contributed by atoms with Crippen LogP contribution in [-0.2, 0) is 19.1 Å². The Balaban J connectivity index is 1.17. The van der Waals surface area contributed by atoms with Crippen LogP contribution < -0.4 is 5.32 Å². The van der Waals surface area contributed by atoms with Gasteiger partial charge in [0.05, 0.1) is 17.4 Å². The summed E-state index contributed by atoms with van der Waals surface area (Å²) in [5, 5.41) is 2.86. The van der Waals surface area contributed by atoms with Crippen LogP contribution >= 0.6 is 15.9 Å². The van der Waals surface area contributed by atoms with Crippen LogP contribution in [-0.4, -0.2) is 36.3 Å². The molecule has 0 unspecified atom stereocenters. The number of benzene rings is 2. The molecule has 1 aliphatic heterocycles. The zero-order valence-electron chi connectivity index (χ0n) is 17.0. The smallest absolute Gasteiger partial charge is 0.338 e. The Bertz CT molecular complexity index is 1090. The summed E-state index contributed by atoms with van der Waals surface area (Å²) in [5.74, 6) is -1.71. The van der Waals surface area contributed by atoms with Gasteiger partial charge in [0.25, 0.3) is 0 Å². The van der Waals surface area contributed by atoms with E-state index in [2.05, 4.69) is 21.2 Å². The third-order valence-electron chi connectivity index (χ3n) is 6.67. The second-order valence-corrected chi connectivity index (χ2v) is 9.41. The van der Waals surface area contributed by atoms with Crippen molar-refractivity contribution in [2.75, 3.05) is 11.9 Å². The van der Waals surface area contributed by atoms with Gasteiger partial charge in [-0.1, -0.05) is 28.1 Å². The molecule has 8 heteroatoms. The third kappa shape index (κ3) is 3.72. The van der Waals surface area contributed by atoms with E-state index in [-0.39, 0.29) is 59.6 Å². The van der Waals surface area contributed by atoms with E-state index in [1.807, 2.05) is 0 Å². The Morgan fingerprint density at radius 2 is 1.69 bits per heavy atom. The summed E-state index contributed by atoms with van der Waals surface area (Å²) >= 11 is 3.30. The molecule has 7 nitrogen and oxygen atoms in total. The summed E-state index contributed by atoms with van der Waals surface area (Å²) in [4.78, 5) is 49.4. The predicted octanol–water partition coefficient (Wildman–Crippen LogP) is 3.62. The first-order valence-electron chi connectivity index (χ1n) is 10.5. The third-order valence-corrected chi connectivity index (χ3v) is 7.20. The van der Waals surface area contributed by atoms with Crippen LogP contribution in [0.25, 0.3) is 0 Å². The number of fused-ring (bicyclic) bond motifs is 1. The second kappa shape index (κ2) is 8.16. The number of Topliss-reactive ketones (excluding diaryl/α,β-unsaturated/α-hetero) is 1. The molecule has 0 aromatic heterocycles. The Morgan fingerprint density at radius 1 is 1.00 bits per heavy atom. The topological polar surface area (TPSA) is 98.8 Å². The monoisotopic (exact) mass is 497 g/mol. The minimum absolute atomic E-state index is 0.0116. The molecule has 3 aliphatic rings. The van der Waals surface area contributed by atoms with E-state index in [0.717, 1.165) is 17.3 Å². The number of rotatable bonds is 6. The van der Waals surface area contributed by atoms with Crippen LogP contribution in [0.4, 0.5) is 5.69 Å². The van der Waals surface area contributed by atoms with Gasteiger partial charge in [-0.2, -0.15) is 0 Å². The largest absolute Gasteiger partial charge is 0.462 e. The first-order chi connectivity index (χ1) is 15.4. The number of carbonyl (C=O) groups excluding carboxylic acids is 4. The molecular formula is C24H20BrNO6. The molecule has 0 radical (unpaired) electrons. The molecular weight excluding hydrogens is 478 g/mol. The summed E-state index contributed by atoms with van der Waals surface area (Å²) in [7, 11) is 0. The zero-order chi connectivity index (χ0) is 22.4. The van der Waals surface area contributed by atoms with Gasteiger partial charge in [-0.05, 0) is 55.2 Å². The van der Waals surface area contributed by atoms with Crippen molar-refractivity contribution in [2.24, 2.45) is 23.7 Å². The van der Waals surface area contributed by atoms with Crippen LogP contribution in [0.1, 0.15) is 33.6 Å². The van der Waals surface area contributed by atoms with Crippen molar-refractivity contribution in [3.63, 3.8) is 0 Å². The zero-order valence-corrected chi connectivity index (χ0v) is 18.5. The molecule has 32 heavy (non-hydrogen) atoms. The highest BCUT2D eigenvalue weighted by Gasteiger charge is 2.63. The maximum absolute atomic E-state index is 12.8. The lowest BCUT2D eigenvalue weighted by Gasteiger charge is -2.23. The fraction of sp³-hybridized carbons (Fsp3) is 0.333. The molecule has 1 saturated heterocycles. The summed E-state index contributed by atoms with van der Waals surface area (Å²) in [6.45, 7) is -0.359. The fourth-order valence-electron chi connectivity index (χ4n) is 5.21. The Kier molecular flexibility index (Phi) is 5.33. The highest BCUT2D eigenvalue weighted by Crippen LogP contribution is 2.57. The first kappa shape index (κ1) is 20.9. The number of carbonyl (C=O) groups is 4. The number of anilines is 1. The Morgan fingerprint density at radius 3 is 2.41 bits per heavy atom. The highest BCUT2D eigenvalue weighted by molar-refractivity contribution is 9.10. The Labute approximate surface area is 192 Å². The van der Waals surface area contributed by atoms with Crippen molar-refractivity contribution in [1.29, 1.82) is 0 Å². The molecule has 5 rings (SSSR count). The minimum Gasteiger partial charge on any atom is -0.462 e. The molecule has 2 aromatic carbocycles. The highest BCUT2D eigenvalue weighted by atomic mass is 79.9. The first-order valence-corrected chi connectivity index (χ1v) is 11.3. The van der Waals surface area contributed by atoms with E-state index in [9.17, 15) is 19.2 Å². The summed E-state index contributed by atoms with van der Waals surface area (Å²) in [6, 6.07) is 13.1. The van der Waals surface area contributed by atoms with Crippen molar-refractivity contribution in [3.05, 3.63) is 64.1 Å². The maximum atomic E-state index is 12.8. The number of ether oxygens (including phenoxy) is 2. The molecule has 2 saturated carbocycles. The van der Waals surface area contributed by atoms with Gasteiger partial charge in [-0.3, -0.25) is 14.4 Å². The van der Waals surface area contributed by atoms with Gasteiger partial charge in [0.2, 0.25) is 5.91 Å². The van der Waals surface area contributed by atoms with Crippen molar-refractivity contribution in [1.82, 2.24) is 0 Å². The summed E-state index contributed by atoms with van der Waals surface area (Å²) in [5.41, 5.74) is 1.26. The number of ketones is 1. The quantitative estimate of drug-likeness (QED) is 0.483. The SMILES string of the molecule is O=C(COC(=O)c1ccc(NC(=O)[C@@H]2[C@@H]3C[C@@H]4[C@H]2C(=O)O[C@@H]4C3)cc1)c1ccc(Br)cc1. The lowest BCUT2D eigenvalue weighted by Crippen LogP contribution is -2.35. The Hall–Kier alpha value is -3.00. The fourth-order valence-corrected chi connectivity index (χ4v) is 5.48. The van der Waals surface area contributed by atoms with Crippen molar-refractivity contribution < 1.29 is 28.7 Å². The van der Waals surface area contributed by atoms with Gasteiger partial charge in [-0.25, -0.2) is 4.79 Å². The van der Waals surface area contributed by atoms with Crippen LogP contribution in [0.15, 0.2) is 53.0 Å². The van der Waals surface area contributed by atoms with Crippen molar-refractivity contribution >= 4 is 45.2 Å². The molecule has 164 valence electrons. The maximum Gasteiger partial charge on any atom is 0.338 e. The van der Waals surface area contributed by atoms with Crippen LogP contribution in [0.5, 0.6) is 0 Å². The molecule has 5 atom stereocenters. The molecule has 2 bridgehead atoms. The summed E-state index contributed by atoms with van der Waals surface area (Å²) in [6.07, 6.45) is 1.61. The van der Waals surface area contributed by atoms with Gasteiger partial charge < -0.3 is 14.8 Å². The second-order valence-electron chi connectivity index (χ2n) is 8.50. The molecule has 1 heterocycles. The van der Waals surface area contributed by atoms with E-state index < -0.39 is 5.97 Å². The van der Waals surface area contributed by atoms with Gasteiger partial charge >= 0.3 is 11.9 Å². The number of hydrogen-bond donors (Lipinski definition) is 1. The molecule has 1 N–H and O–H groups in total. The van der Waals surface area contributed by atoms with Gasteiger partial charge in [0, 0.05) is 21.6 Å². The number of nitrogens with one attached hydrogen (secondary N) is 1. The van der Waals surface area contributed by atoms with E-state index >= 15 is 0 Å². The van der Waals surface area contributed by atoms with Gasteiger partial charge in [0.15, 0.2) is 12.4 Å².